The Morgan fingerprint density at radius 1 is 1.26 bits per heavy atom. The van der Waals surface area contributed by atoms with Crippen molar-refractivity contribution >= 4 is 39.0 Å². The summed E-state index contributed by atoms with van der Waals surface area (Å²) >= 11 is 2.82. The second kappa shape index (κ2) is 8.52. The molecule has 0 spiro atoms. The molecule has 3 aromatic heterocycles. The van der Waals surface area contributed by atoms with Crippen LogP contribution in [0, 0.1) is 11.6 Å². The third-order valence-electron chi connectivity index (χ3n) is 5.21. The van der Waals surface area contributed by atoms with Crippen molar-refractivity contribution in [1.82, 2.24) is 19.7 Å². The van der Waals surface area contributed by atoms with Gasteiger partial charge in [0.1, 0.15) is 16.5 Å². The highest BCUT2D eigenvalue weighted by Gasteiger charge is 2.25. The number of benzene rings is 1. The first-order chi connectivity index (χ1) is 15.1. The van der Waals surface area contributed by atoms with Crippen molar-refractivity contribution in [2.75, 3.05) is 12.3 Å². The summed E-state index contributed by atoms with van der Waals surface area (Å²) in [5.74, 6) is -0.209. The number of hydrogen-bond acceptors (Lipinski definition) is 7. The number of pyridine rings is 1. The molecule has 0 radical (unpaired) electrons. The molecule has 5 rings (SSSR count). The normalized spacial score (nSPS) is 16.4. The average Bonchev–Trinajstić information content (AvgIpc) is 3.48. The number of fused-ring (bicyclic) bond motifs is 1. The van der Waals surface area contributed by atoms with E-state index in [4.69, 9.17) is 10.5 Å². The molecule has 1 fully saturated rings. The maximum atomic E-state index is 14.1. The summed E-state index contributed by atoms with van der Waals surface area (Å²) in [6.07, 6.45) is 3.76. The fourth-order valence-corrected chi connectivity index (χ4v) is 5.61. The van der Waals surface area contributed by atoms with E-state index in [9.17, 15) is 8.78 Å². The zero-order valence-electron chi connectivity index (χ0n) is 16.4. The van der Waals surface area contributed by atoms with E-state index in [-0.39, 0.29) is 6.10 Å². The van der Waals surface area contributed by atoms with Crippen molar-refractivity contribution in [3.8, 4) is 10.7 Å². The minimum absolute atomic E-state index is 0.0605. The summed E-state index contributed by atoms with van der Waals surface area (Å²) < 4.78 is 35.1. The molecule has 1 aliphatic rings. The Balaban J connectivity index is 1.50. The lowest BCUT2D eigenvalue weighted by Crippen LogP contribution is -2.16. The van der Waals surface area contributed by atoms with E-state index in [0.717, 1.165) is 40.6 Å². The maximum Gasteiger partial charge on any atom is 0.191 e. The molecule has 10 heteroatoms. The quantitative estimate of drug-likeness (QED) is 0.414. The molecule has 4 aromatic rings. The Kier molecular flexibility index (Phi) is 5.59. The van der Waals surface area contributed by atoms with Crippen LogP contribution in [-0.4, -0.2) is 32.5 Å². The standard InChI is InChI=1S/C21H19F2N5OS2/c22-13-6-5-12(16(23)9-13)11-30-21-27-26-19(28(21)10-14-3-2-8-29-14)18-17(24)15-4-1-7-25-20(15)31-18/h1,4-7,9,14H,2-3,8,10-11,24H2. The second-order valence-electron chi connectivity index (χ2n) is 7.28. The van der Waals surface area contributed by atoms with E-state index < -0.39 is 11.6 Å². The predicted molar refractivity (Wildman–Crippen MR) is 118 cm³/mol. The van der Waals surface area contributed by atoms with Crippen LogP contribution in [0.25, 0.3) is 20.9 Å². The molecule has 0 saturated carbocycles. The van der Waals surface area contributed by atoms with Crippen LogP contribution >= 0.6 is 23.1 Å². The highest BCUT2D eigenvalue weighted by molar-refractivity contribution is 7.98. The van der Waals surface area contributed by atoms with Gasteiger partial charge in [0.05, 0.1) is 23.2 Å². The molecule has 0 bridgehead atoms. The summed E-state index contributed by atoms with van der Waals surface area (Å²) in [5, 5.41) is 10.3. The number of thiophene rings is 1. The Bertz CT molecular complexity index is 1240. The Labute approximate surface area is 185 Å². The maximum absolute atomic E-state index is 14.1. The largest absolute Gasteiger partial charge is 0.397 e. The molecular formula is C21H19F2N5OS2. The summed E-state index contributed by atoms with van der Waals surface area (Å²) in [6.45, 7) is 1.32. The van der Waals surface area contributed by atoms with Gasteiger partial charge in [0.15, 0.2) is 11.0 Å². The minimum atomic E-state index is -0.594. The first-order valence-corrected chi connectivity index (χ1v) is 11.7. The lowest BCUT2D eigenvalue weighted by atomic mass is 10.2. The van der Waals surface area contributed by atoms with Gasteiger partial charge in [0, 0.05) is 30.0 Å². The summed E-state index contributed by atoms with van der Waals surface area (Å²) in [6, 6.07) is 7.39. The van der Waals surface area contributed by atoms with Gasteiger partial charge < -0.3 is 10.5 Å². The van der Waals surface area contributed by atoms with E-state index in [1.807, 2.05) is 16.7 Å². The van der Waals surface area contributed by atoms with Gasteiger partial charge in [-0.15, -0.1) is 21.5 Å². The Morgan fingerprint density at radius 3 is 2.94 bits per heavy atom. The molecule has 1 unspecified atom stereocenters. The van der Waals surface area contributed by atoms with E-state index in [0.29, 0.717) is 34.5 Å². The van der Waals surface area contributed by atoms with E-state index >= 15 is 0 Å². The van der Waals surface area contributed by atoms with Crippen LogP contribution < -0.4 is 5.73 Å². The van der Waals surface area contributed by atoms with Crippen molar-refractivity contribution in [1.29, 1.82) is 0 Å². The van der Waals surface area contributed by atoms with Crippen molar-refractivity contribution in [2.45, 2.75) is 36.4 Å². The first kappa shape index (κ1) is 20.3. The minimum Gasteiger partial charge on any atom is -0.397 e. The van der Waals surface area contributed by atoms with E-state index in [2.05, 4.69) is 15.2 Å². The lowest BCUT2D eigenvalue weighted by molar-refractivity contribution is 0.0953. The molecule has 6 nitrogen and oxygen atoms in total. The summed E-state index contributed by atoms with van der Waals surface area (Å²) in [5.41, 5.74) is 7.45. The zero-order chi connectivity index (χ0) is 21.4. The van der Waals surface area contributed by atoms with Crippen LogP contribution in [0.4, 0.5) is 14.5 Å². The van der Waals surface area contributed by atoms with Crippen LogP contribution in [0.3, 0.4) is 0 Å². The van der Waals surface area contributed by atoms with Crippen molar-refractivity contribution < 1.29 is 13.5 Å². The van der Waals surface area contributed by atoms with Gasteiger partial charge in [-0.25, -0.2) is 13.8 Å². The summed E-state index contributed by atoms with van der Waals surface area (Å²) in [7, 11) is 0. The molecule has 0 aliphatic carbocycles. The predicted octanol–water partition coefficient (Wildman–Crippen LogP) is 4.89. The number of nitrogen functional groups attached to an aromatic ring is 1. The average molecular weight is 460 g/mol. The van der Waals surface area contributed by atoms with Crippen LogP contribution in [0.2, 0.25) is 0 Å². The number of anilines is 1. The van der Waals surface area contributed by atoms with Crippen LogP contribution in [-0.2, 0) is 17.0 Å². The van der Waals surface area contributed by atoms with E-state index in [1.165, 1.54) is 35.2 Å². The molecular weight excluding hydrogens is 440 g/mol. The highest BCUT2D eigenvalue weighted by atomic mass is 32.2. The molecule has 160 valence electrons. The monoisotopic (exact) mass is 459 g/mol. The fourth-order valence-electron chi connectivity index (χ4n) is 3.62. The SMILES string of the molecule is Nc1c(-c2nnc(SCc3ccc(F)cc3F)n2CC2CCCO2)sc2ncccc12. The molecule has 31 heavy (non-hydrogen) atoms. The lowest BCUT2D eigenvalue weighted by Gasteiger charge is -2.14. The third-order valence-corrected chi connectivity index (χ3v) is 7.35. The van der Waals surface area contributed by atoms with Crippen molar-refractivity contribution in [2.24, 2.45) is 0 Å². The van der Waals surface area contributed by atoms with Crippen LogP contribution in [0.5, 0.6) is 0 Å². The molecule has 1 saturated heterocycles. The number of thioether (sulfide) groups is 1. The Hall–Kier alpha value is -2.56. The highest BCUT2D eigenvalue weighted by Crippen LogP contribution is 2.40. The van der Waals surface area contributed by atoms with Crippen molar-refractivity contribution in [3.05, 3.63) is 53.7 Å². The fraction of sp³-hybridized carbons (Fsp3) is 0.286. The van der Waals surface area contributed by atoms with Gasteiger partial charge in [-0.3, -0.25) is 4.57 Å². The Morgan fingerprint density at radius 2 is 2.16 bits per heavy atom. The molecule has 4 heterocycles. The van der Waals surface area contributed by atoms with E-state index in [1.54, 1.807) is 6.20 Å². The second-order valence-corrected chi connectivity index (χ2v) is 9.22. The summed E-state index contributed by atoms with van der Waals surface area (Å²) in [4.78, 5) is 6.04. The van der Waals surface area contributed by atoms with Gasteiger partial charge in [0.25, 0.3) is 0 Å². The van der Waals surface area contributed by atoms with Crippen LogP contribution in [0.15, 0.2) is 41.7 Å². The number of nitrogens with two attached hydrogens (primary N) is 1. The van der Waals surface area contributed by atoms with Gasteiger partial charge in [-0.05, 0) is 36.6 Å². The number of halogens is 2. The molecule has 1 atom stereocenters. The number of hydrogen-bond donors (Lipinski definition) is 1. The van der Waals surface area contributed by atoms with Gasteiger partial charge in [-0.2, -0.15) is 0 Å². The van der Waals surface area contributed by atoms with Gasteiger partial charge in [-0.1, -0.05) is 17.8 Å². The third kappa shape index (κ3) is 4.02. The molecule has 2 N–H and O–H groups in total. The topological polar surface area (TPSA) is 78.8 Å². The number of ether oxygens (including phenoxy) is 1. The van der Waals surface area contributed by atoms with Crippen molar-refractivity contribution in [3.63, 3.8) is 0 Å². The number of rotatable bonds is 6. The number of nitrogens with zero attached hydrogens (tertiary/aromatic N) is 4. The van der Waals surface area contributed by atoms with Crippen LogP contribution in [0.1, 0.15) is 18.4 Å². The smallest absolute Gasteiger partial charge is 0.191 e. The van der Waals surface area contributed by atoms with Gasteiger partial charge in [0.2, 0.25) is 0 Å². The zero-order valence-corrected chi connectivity index (χ0v) is 18.1. The number of aromatic nitrogens is 4. The molecule has 1 aliphatic heterocycles. The molecule has 0 amide bonds. The first-order valence-electron chi connectivity index (χ1n) is 9.85. The molecule has 1 aromatic carbocycles. The van der Waals surface area contributed by atoms with Gasteiger partial charge >= 0.3 is 0 Å².